The smallest absolute Gasteiger partial charge is 0.227 e. The second-order valence-corrected chi connectivity index (χ2v) is 7.83. The minimum absolute atomic E-state index is 0.0809. The summed E-state index contributed by atoms with van der Waals surface area (Å²) >= 11 is 0. The number of nitrogens with zero attached hydrogens (tertiary/aromatic N) is 6. The van der Waals surface area contributed by atoms with Crippen LogP contribution in [0, 0.1) is 6.92 Å². The Morgan fingerprint density at radius 1 is 1.30 bits per heavy atom. The first-order valence-electron chi connectivity index (χ1n) is 10.2. The molecule has 0 radical (unpaired) electrons. The van der Waals surface area contributed by atoms with Crippen LogP contribution < -0.4 is 4.90 Å². The third-order valence-electron chi connectivity index (χ3n) is 5.32. The van der Waals surface area contributed by atoms with Crippen LogP contribution in [0.25, 0.3) is 11.3 Å². The van der Waals surface area contributed by atoms with Crippen molar-refractivity contribution < 1.29 is 9.32 Å². The Morgan fingerprint density at radius 2 is 2.17 bits per heavy atom. The van der Waals surface area contributed by atoms with E-state index in [4.69, 9.17) is 9.51 Å². The SMILES string of the molecule is Cc1cc(-c2cnc(N(C)C)nc2[C@H]2CCCCN2C(=O)Cc2cccnc2)on1. The largest absolute Gasteiger partial charge is 0.356 e. The molecular formula is C22H26N6O2. The van der Waals surface area contributed by atoms with Crippen molar-refractivity contribution in [2.75, 3.05) is 25.5 Å². The van der Waals surface area contributed by atoms with Gasteiger partial charge in [0.2, 0.25) is 11.9 Å². The van der Waals surface area contributed by atoms with Crippen molar-refractivity contribution in [1.29, 1.82) is 0 Å². The van der Waals surface area contributed by atoms with Crippen LogP contribution in [0.15, 0.2) is 41.3 Å². The predicted octanol–water partition coefficient (Wildman–Crippen LogP) is 3.20. The van der Waals surface area contributed by atoms with Crippen LogP contribution in [0.5, 0.6) is 0 Å². The van der Waals surface area contributed by atoms with Gasteiger partial charge < -0.3 is 14.3 Å². The molecule has 1 aliphatic rings. The lowest BCUT2D eigenvalue weighted by molar-refractivity contribution is -0.134. The molecular weight excluding hydrogens is 380 g/mol. The van der Waals surface area contributed by atoms with Gasteiger partial charge in [0.1, 0.15) is 0 Å². The molecule has 1 aliphatic heterocycles. The number of rotatable bonds is 5. The van der Waals surface area contributed by atoms with Crippen molar-refractivity contribution in [2.24, 2.45) is 0 Å². The first-order valence-corrected chi connectivity index (χ1v) is 10.2. The zero-order valence-electron chi connectivity index (χ0n) is 17.6. The molecule has 0 unspecified atom stereocenters. The molecule has 3 aromatic heterocycles. The van der Waals surface area contributed by atoms with Crippen LogP contribution in [0.3, 0.4) is 0 Å². The summed E-state index contributed by atoms with van der Waals surface area (Å²) < 4.78 is 5.52. The van der Waals surface area contributed by atoms with E-state index in [1.807, 2.05) is 49.0 Å². The lowest BCUT2D eigenvalue weighted by atomic mass is 9.95. The summed E-state index contributed by atoms with van der Waals surface area (Å²) in [6, 6.07) is 5.53. The van der Waals surface area contributed by atoms with Crippen molar-refractivity contribution in [1.82, 2.24) is 25.0 Å². The van der Waals surface area contributed by atoms with E-state index in [1.54, 1.807) is 18.6 Å². The molecule has 0 spiro atoms. The molecule has 1 atom stereocenters. The molecule has 0 aliphatic carbocycles. The number of hydrogen-bond acceptors (Lipinski definition) is 7. The van der Waals surface area contributed by atoms with Gasteiger partial charge in [0.05, 0.1) is 29.4 Å². The molecule has 0 N–H and O–H groups in total. The summed E-state index contributed by atoms with van der Waals surface area (Å²) in [7, 11) is 3.81. The second kappa shape index (κ2) is 8.61. The van der Waals surface area contributed by atoms with Gasteiger partial charge in [-0.1, -0.05) is 11.2 Å². The quantitative estimate of drug-likeness (QED) is 0.643. The second-order valence-electron chi connectivity index (χ2n) is 7.83. The lowest BCUT2D eigenvalue weighted by Crippen LogP contribution is -2.40. The highest BCUT2D eigenvalue weighted by Gasteiger charge is 2.32. The molecule has 1 saturated heterocycles. The Balaban J connectivity index is 1.72. The molecule has 0 aromatic carbocycles. The zero-order valence-corrected chi connectivity index (χ0v) is 17.6. The van der Waals surface area contributed by atoms with Crippen molar-refractivity contribution >= 4 is 11.9 Å². The van der Waals surface area contributed by atoms with E-state index in [0.717, 1.165) is 41.8 Å². The molecule has 30 heavy (non-hydrogen) atoms. The van der Waals surface area contributed by atoms with Gasteiger partial charge in [0.15, 0.2) is 5.76 Å². The highest BCUT2D eigenvalue weighted by molar-refractivity contribution is 5.79. The molecule has 4 heterocycles. The Hall–Kier alpha value is -3.29. The van der Waals surface area contributed by atoms with Crippen LogP contribution in [0.1, 0.15) is 42.3 Å². The average Bonchev–Trinajstić information content (AvgIpc) is 3.20. The first-order chi connectivity index (χ1) is 14.5. The minimum atomic E-state index is -0.134. The zero-order chi connectivity index (χ0) is 21.1. The number of pyridine rings is 1. The van der Waals surface area contributed by atoms with E-state index >= 15 is 0 Å². The Bertz CT molecular complexity index is 1020. The molecule has 8 heteroatoms. The summed E-state index contributed by atoms with van der Waals surface area (Å²) in [6.07, 6.45) is 8.43. The lowest BCUT2D eigenvalue weighted by Gasteiger charge is -2.36. The number of carbonyl (C=O) groups is 1. The van der Waals surface area contributed by atoms with E-state index in [1.165, 1.54) is 0 Å². The number of carbonyl (C=O) groups excluding carboxylic acids is 1. The van der Waals surface area contributed by atoms with Gasteiger partial charge in [-0.2, -0.15) is 0 Å². The van der Waals surface area contributed by atoms with Gasteiger partial charge in [-0.05, 0) is 37.8 Å². The van der Waals surface area contributed by atoms with Crippen LogP contribution in [0.2, 0.25) is 0 Å². The Kier molecular flexibility index (Phi) is 5.74. The number of likely N-dealkylation sites (tertiary alicyclic amines) is 1. The molecule has 8 nitrogen and oxygen atoms in total. The molecule has 156 valence electrons. The minimum Gasteiger partial charge on any atom is -0.356 e. The monoisotopic (exact) mass is 406 g/mol. The Labute approximate surface area is 175 Å². The molecule has 3 aromatic rings. The third-order valence-corrected chi connectivity index (χ3v) is 5.32. The normalized spacial score (nSPS) is 16.5. The topological polar surface area (TPSA) is 88.3 Å². The van der Waals surface area contributed by atoms with Crippen molar-refractivity contribution in [3.05, 3.63) is 53.7 Å². The van der Waals surface area contributed by atoms with E-state index < -0.39 is 0 Å². The Morgan fingerprint density at radius 3 is 2.87 bits per heavy atom. The van der Waals surface area contributed by atoms with Crippen LogP contribution in [-0.2, 0) is 11.2 Å². The van der Waals surface area contributed by atoms with Gasteiger partial charge in [0, 0.05) is 45.3 Å². The van der Waals surface area contributed by atoms with Crippen LogP contribution >= 0.6 is 0 Å². The maximum absolute atomic E-state index is 13.2. The summed E-state index contributed by atoms with van der Waals surface area (Å²) in [6.45, 7) is 2.59. The van der Waals surface area contributed by atoms with E-state index in [0.29, 0.717) is 24.7 Å². The highest BCUT2D eigenvalue weighted by atomic mass is 16.5. The van der Waals surface area contributed by atoms with Crippen LogP contribution in [-0.4, -0.2) is 51.6 Å². The van der Waals surface area contributed by atoms with Crippen molar-refractivity contribution in [2.45, 2.75) is 38.6 Å². The fourth-order valence-corrected chi connectivity index (χ4v) is 3.83. The number of anilines is 1. The molecule has 0 bridgehead atoms. The standard InChI is InChI=1S/C22H26N6O2/c1-15-11-19(30-26-15)17-14-24-22(27(2)3)25-21(17)18-8-4-5-10-28(18)20(29)12-16-7-6-9-23-13-16/h6-7,9,11,13-14,18H,4-5,8,10,12H2,1-3H3/t18-/m1/s1. The summed E-state index contributed by atoms with van der Waals surface area (Å²) in [5.74, 6) is 1.31. The van der Waals surface area contributed by atoms with Gasteiger partial charge in [-0.3, -0.25) is 9.78 Å². The van der Waals surface area contributed by atoms with E-state index in [-0.39, 0.29) is 11.9 Å². The summed E-state index contributed by atoms with van der Waals surface area (Å²) in [4.78, 5) is 30.5. The third kappa shape index (κ3) is 4.17. The van der Waals surface area contributed by atoms with Crippen LogP contribution in [0.4, 0.5) is 5.95 Å². The highest BCUT2D eigenvalue weighted by Crippen LogP contribution is 2.36. The van der Waals surface area contributed by atoms with Gasteiger partial charge in [-0.15, -0.1) is 0 Å². The molecule has 4 rings (SSSR count). The maximum atomic E-state index is 13.2. The number of aryl methyl sites for hydroxylation is 1. The van der Waals surface area contributed by atoms with Gasteiger partial charge >= 0.3 is 0 Å². The van der Waals surface area contributed by atoms with Crippen molar-refractivity contribution in [3.63, 3.8) is 0 Å². The number of amides is 1. The first kappa shape index (κ1) is 20.0. The maximum Gasteiger partial charge on any atom is 0.227 e. The summed E-state index contributed by atoms with van der Waals surface area (Å²) in [5.41, 5.74) is 3.30. The fourth-order valence-electron chi connectivity index (χ4n) is 3.83. The number of aromatic nitrogens is 4. The van der Waals surface area contributed by atoms with Gasteiger partial charge in [0.25, 0.3) is 0 Å². The fraction of sp³-hybridized carbons (Fsp3) is 0.409. The molecule has 1 fully saturated rings. The molecule has 1 amide bonds. The number of piperidine rings is 1. The van der Waals surface area contributed by atoms with Gasteiger partial charge in [-0.25, -0.2) is 9.97 Å². The molecule has 0 saturated carbocycles. The predicted molar refractivity (Wildman–Crippen MR) is 113 cm³/mol. The van der Waals surface area contributed by atoms with Crippen molar-refractivity contribution in [3.8, 4) is 11.3 Å². The number of hydrogen-bond donors (Lipinski definition) is 0. The van der Waals surface area contributed by atoms with E-state index in [2.05, 4.69) is 15.1 Å². The average molecular weight is 406 g/mol. The summed E-state index contributed by atoms with van der Waals surface area (Å²) in [5, 5.41) is 4.02. The van der Waals surface area contributed by atoms with E-state index in [9.17, 15) is 4.79 Å².